The molecule has 0 amide bonds. The molecule has 3 heterocycles. The Morgan fingerprint density at radius 1 is 1.06 bits per heavy atom. The summed E-state index contributed by atoms with van der Waals surface area (Å²) in [5, 5.41) is 14.5. The molecular weight excluding hydrogens is 448 g/mol. The molecule has 2 aromatic heterocycles. The van der Waals surface area contributed by atoms with Crippen LogP contribution in [-0.4, -0.2) is 74.8 Å². The van der Waals surface area contributed by atoms with Gasteiger partial charge >= 0.3 is 0 Å². The molecule has 1 aliphatic heterocycles. The summed E-state index contributed by atoms with van der Waals surface area (Å²) in [7, 11) is 0. The standard InChI is InChI=1S/C29H38N6O/c1-3-13-30-29-31-19-26-27(21-35(28(26)32-29)24-9-11-25(36)12-10-24)23-7-5-22(6-8-23)20-34-17-15-33(14-4-2)16-18-34/h2,5-8,19,21,24-25,36H,3,9-18,20H2,1H3,(H,30,31,32). The number of terminal acetylenes is 1. The maximum atomic E-state index is 10.0. The van der Waals surface area contributed by atoms with Crippen LogP contribution in [0.2, 0.25) is 0 Å². The summed E-state index contributed by atoms with van der Waals surface area (Å²) in [6.07, 6.45) is 14.2. The Kier molecular flexibility index (Phi) is 7.86. The van der Waals surface area contributed by atoms with E-state index in [1.807, 2.05) is 6.20 Å². The fraction of sp³-hybridized carbons (Fsp3) is 0.517. The summed E-state index contributed by atoms with van der Waals surface area (Å²) in [5.74, 6) is 3.44. The van der Waals surface area contributed by atoms with Crippen molar-refractivity contribution in [2.24, 2.45) is 0 Å². The van der Waals surface area contributed by atoms with Gasteiger partial charge in [0.25, 0.3) is 0 Å². The Hall–Kier alpha value is -2.92. The second-order valence-electron chi connectivity index (χ2n) is 10.2. The molecule has 2 N–H and O–H groups in total. The van der Waals surface area contributed by atoms with Gasteiger partial charge in [0.15, 0.2) is 0 Å². The molecule has 2 aliphatic rings. The van der Waals surface area contributed by atoms with Gasteiger partial charge in [-0.15, -0.1) is 6.42 Å². The number of rotatable bonds is 8. The largest absolute Gasteiger partial charge is 0.393 e. The first-order valence-corrected chi connectivity index (χ1v) is 13.4. The molecular formula is C29H38N6O. The van der Waals surface area contributed by atoms with E-state index in [1.54, 1.807) is 0 Å². The predicted molar refractivity (Wildman–Crippen MR) is 146 cm³/mol. The highest BCUT2D eigenvalue weighted by molar-refractivity contribution is 5.94. The summed E-state index contributed by atoms with van der Waals surface area (Å²) < 4.78 is 2.33. The minimum absolute atomic E-state index is 0.174. The Morgan fingerprint density at radius 2 is 1.78 bits per heavy atom. The van der Waals surface area contributed by atoms with Crippen LogP contribution in [0.5, 0.6) is 0 Å². The normalized spacial score (nSPS) is 21.5. The fourth-order valence-corrected chi connectivity index (χ4v) is 5.48. The van der Waals surface area contributed by atoms with Gasteiger partial charge in [-0.1, -0.05) is 37.1 Å². The van der Waals surface area contributed by atoms with Crippen LogP contribution in [0.15, 0.2) is 36.7 Å². The molecule has 2 fully saturated rings. The Bertz CT molecular complexity index is 1180. The molecule has 0 atom stereocenters. The van der Waals surface area contributed by atoms with Gasteiger partial charge in [0.1, 0.15) is 5.65 Å². The van der Waals surface area contributed by atoms with Crippen LogP contribution in [-0.2, 0) is 6.54 Å². The van der Waals surface area contributed by atoms with Crippen LogP contribution in [0.3, 0.4) is 0 Å². The number of anilines is 1. The van der Waals surface area contributed by atoms with Crippen LogP contribution in [0, 0.1) is 12.3 Å². The summed E-state index contributed by atoms with van der Waals surface area (Å²) >= 11 is 0. The summed E-state index contributed by atoms with van der Waals surface area (Å²) in [6, 6.07) is 9.32. The quantitative estimate of drug-likeness (QED) is 0.466. The molecule has 0 spiro atoms. The minimum Gasteiger partial charge on any atom is -0.393 e. The second-order valence-corrected chi connectivity index (χ2v) is 10.2. The fourth-order valence-electron chi connectivity index (χ4n) is 5.48. The molecule has 190 valence electrons. The molecule has 0 bridgehead atoms. The number of benzene rings is 1. The number of nitrogens with one attached hydrogen (secondary N) is 1. The summed E-state index contributed by atoms with van der Waals surface area (Å²) in [4.78, 5) is 14.4. The van der Waals surface area contributed by atoms with E-state index in [2.05, 4.69) is 68.0 Å². The number of aromatic nitrogens is 3. The van der Waals surface area contributed by atoms with Gasteiger partial charge in [0.2, 0.25) is 5.95 Å². The van der Waals surface area contributed by atoms with Crippen molar-refractivity contribution in [3.05, 3.63) is 42.2 Å². The SMILES string of the molecule is C#CCN1CCN(Cc2ccc(-c3cn(C4CCC(O)CC4)c4nc(NCCC)ncc34)cc2)CC1. The first-order chi connectivity index (χ1) is 17.6. The number of aliphatic hydroxyl groups is 1. The smallest absolute Gasteiger partial charge is 0.224 e. The molecule has 1 aromatic carbocycles. The van der Waals surface area contributed by atoms with Crippen molar-refractivity contribution in [3.8, 4) is 23.5 Å². The molecule has 5 rings (SSSR count). The van der Waals surface area contributed by atoms with Crippen molar-refractivity contribution in [2.45, 2.75) is 57.7 Å². The third kappa shape index (κ3) is 5.57. The lowest BCUT2D eigenvalue weighted by Crippen LogP contribution is -2.45. The Labute approximate surface area is 214 Å². The number of fused-ring (bicyclic) bond motifs is 1. The van der Waals surface area contributed by atoms with Crippen molar-refractivity contribution in [2.75, 3.05) is 44.6 Å². The third-order valence-corrected chi connectivity index (χ3v) is 7.62. The van der Waals surface area contributed by atoms with Gasteiger partial charge in [-0.05, 0) is 43.2 Å². The van der Waals surface area contributed by atoms with Crippen LogP contribution in [0.4, 0.5) is 5.95 Å². The van der Waals surface area contributed by atoms with Crippen LogP contribution < -0.4 is 5.32 Å². The van der Waals surface area contributed by atoms with Gasteiger partial charge in [-0.2, -0.15) is 4.98 Å². The van der Waals surface area contributed by atoms with Crippen molar-refractivity contribution < 1.29 is 5.11 Å². The van der Waals surface area contributed by atoms with Crippen LogP contribution in [0.1, 0.15) is 50.6 Å². The highest BCUT2D eigenvalue weighted by atomic mass is 16.3. The van der Waals surface area contributed by atoms with E-state index in [1.165, 1.54) is 16.7 Å². The van der Waals surface area contributed by atoms with Crippen molar-refractivity contribution >= 4 is 17.0 Å². The first-order valence-electron chi connectivity index (χ1n) is 13.4. The zero-order valence-electron chi connectivity index (χ0n) is 21.4. The summed E-state index contributed by atoms with van der Waals surface area (Å²) in [5.41, 5.74) is 4.67. The van der Waals surface area contributed by atoms with E-state index >= 15 is 0 Å². The van der Waals surface area contributed by atoms with Crippen molar-refractivity contribution in [1.82, 2.24) is 24.3 Å². The zero-order chi connectivity index (χ0) is 24.9. The zero-order valence-corrected chi connectivity index (χ0v) is 21.4. The molecule has 1 saturated heterocycles. The lowest BCUT2D eigenvalue weighted by atomic mass is 9.93. The molecule has 7 nitrogen and oxygen atoms in total. The molecule has 0 unspecified atom stereocenters. The van der Waals surface area contributed by atoms with E-state index in [-0.39, 0.29) is 6.10 Å². The van der Waals surface area contributed by atoms with E-state index in [0.29, 0.717) is 12.0 Å². The lowest BCUT2D eigenvalue weighted by Gasteiger charge is -2.33. The molecule has 3 aromatic rings. The third-order valence-electron chi connectivity index (χ3n) is 7.62. The first kappa shape index (κ1) is 24.8. The average molecular weight is 487 g/mol. The van der Waals surface area contributed by atoms with Gasteiger partial charge in [0, 0.05) is 68.7 Å². The van der Waals surface area contributed by atoms with E-state index in [4.69, 9.17) is 11.4 Å². The number of piperazine rings is 1. The van der Waals surface area contributed by atoms with Gasteiger partial charge in [-0.3, -0.25) is 9.80 Å². The van der Waals surface area contributed by atoms with Crippen LogP contribution >= 0.6 is 0 Å². The molecule has 0 radical (unpaired) electrons. The van der Waals surface area contributed by atoms with Crippen molar-refractivity contribution in [1.29, 1.82) is 0 Å². The van der Waals surface area contributed by atoms with E-state index in [0.717, 1.165) is 89.0 Å². The van der Waals surface area contributed by atoms with Crippen molar-refractivity contribution in [3.63, 3.8) is 0 Å². The topological polar surface area (TPSA) is 69.5 Å². The second kappa shape index (κ2) is 11.4. The minimum atomic E-state index is -0.174. The van der Waals surface area contributed by atoms with E-state index in [9.17, 15) is 5.11 Å². The van der Waals surface area contributed by atoms with Crippen LogP contribution in [0.25, 0.3) is 22.2 Å². The Balaban J connectivity index is 1.37. The van der Waals surface area contributed by atoms with Gasteiger partial charge in [0.05, 0.1) is 12.6 Å². The lowest BCUT2D eigenvalue weighted by molar-refractivity contribution is 0.111. The highest BCUT2D eigenvalue weighted by Gasteiger charge is 2.24. The number of nitrogens with zero attached hydrogens (tertiary/aromatic N) is 5. The molecule has 1 aliphatic carbocycles. The number of hydrogen-bond acceptors (Lipinski definition) is 6. The summed E-state index contributed by atoms with van der Waals surface area (Å²) in [6.45, 7) is 8.89. The Morgan fingerprint density at radius 3 is 2.47 bits per heavy atom. The maximum absolute atomic E-state index is 10.0. The number of aliphatic hydroxyl groups excluding tert-OH is 1. The maximum Gasteiger partial charge on any atom is 0.224 e. The monoisotopic (exact) mass is 486 g/mol. The van der Waals surface area contributed by atoms with Gasteiger partial charge in [-0.25, -0.2) is 4.98 Å². The predicted octanol–water partition coefficient (Wildman–Crippen LogP) is 4.15. The number of hydrogen-bond donors (Lipinski definition) is 2. The van der Waals surface area contributed by atoms with E-state index < -0.39 is 0 Å². The highest BCUT2D eigenvalue weighted by Crippen LogP contribution is 2.36. The molecule has 1 saturated carbocycles. The molecule has 36 heavy (non-hydrogen) atoms. The molecule has 7 heteroatoms. The average Bonchev–Trinajstić information content (AvgIpc) is 3.28. The van der Waals surface area contributed by atoms with Gasteiger partial charge < -0.3 is 15.0 Å².